The number of hydrogen-bond acceptors (Lipinski definition) is 5. The van der Waals surface area contributed by atoms with Crippen LogP contribution in [0.4, 0.5) is 5.69 Å². The fourth-order valence-corrected chi connectivity index (χ4v) is 2.38. The molecule has 0 saturated heterocycles. The first-order valence-electron chi connectivity index (χ1n) is 4.46. The average Bonchev–Trinajstić information content (AvgIpc) is 2.26. The quantitative estimate of drug-likeness (QED) is 0.650. The topological polar surface area (TPSA) is 98.5 Å². The van der Waals surface area contributed by atoms with Crippen molar-refractivity contribution in [2.24, 2.45) is 0 Å². The molecule has 0 heterocycles. The van der Waals surface area contributed by atoms with Gasteiger partial charge in [0.2, 0.25) is 0 Å². The van der Waals surface area contributed by atoms with E-state index >= 15 is 0 Å². The highest BCUT2D eigenvalue weighted by molar-refractivity contribution is 7.89. The maximum Gasteiger partial charge on any atom is 0.270 e. The average molecular weight is 281 g/mol. The first kappa shape index (κ1) is 13.8. The Labute approximate surface area is 102 Å². The standard InChI is InChI=1S/C8H9ClN2O5S/c1-2-16-10-17(14,15)8-5-6(11(12)13)3-4-7(8)9/h3-5,10H,2H2,1H3. The molecule has 0 aliphatic heterocycles. The lowest BCUT2D eigenvalue weighted by Crippen LogP contribution is -2.24. The Bertz CT molecular complexity index is 531. The summed E-state index contributed by atoms with van der Waals surface area (Å²) in [7, 11) is -4.02. The van der Waals surface area contributed by atoms with Crippen LogP contribution < -0.4 is 4.89 Å². The van der Waals surface area contributed by atoms with E-state index in [1.54, 1.807) is 11.8 Å². The van der Waals surface area contributed by atoms with Crippen molar-refractivity contribution in [1.29, 1.82) is 0 Å². The van der Waals surface area contributed by atoms with Crippen LogP contribution >= 0.6 is 11.6 Å². The number of benzene rings is 1. The van der Waals surface area contributed by atoms with Gasteiger partial charge in [0.1, 0.15) is 4.90 Å². The van der Waals surface area contributed by atoms with Crippen LogP contribution in [-0.4, -0.2) is 19.9 Å². The lowest BCUT2D eigenvalue weighted by atomic mass is 10.3. The number of non-ortho nitro benzene ring substituents is 1. The van der Waals surface area contributed by atoms with E-state index in [9.17, 15) is 18.5 Å². The second-order valence-electron chi connectivity index (χ2n) is 2.89. The van der Waals surface area contributed by atoms with Gasteiger partial charge in [-0.05, 0) is 13.0 Å². The maximum atomic E-state index is 11.6. The summed E-state index contributed by atoms with van der Waals surface area (Å²) in [5, 5.41) is 10.4. The number of sulfonamides is 1. The molecule has 0 aliphatic rings. The minimum Gasteiger partial charge on any atom is -0.287 e. The number of nitrogens with one attached hydrogen (secondary N) is 1. The molecule has 0 atom stereocenters. The molecule has 0 saturated carbocycles. The van der Waals surface area contributed by atoms with Crippen molar-refractivity contribution in [2.75, 3.05) is 6.61 Å². The molecule has 17 heavy (non-hydrogen) atoms. The van der Waals surface area contributed by atoms with Crippen molar-refractivity contribution in [3.8, 4) is 0 Å². The summed E-state index contributed by atoms with van der Waals surface area (Å²) in [5.74, 6) is 0. The highest BCUT2D eigenvalue weighted by Gasteiger charge is 2.21. The van der Waals surface area contributed by atoms with Crippen molar-refractivity contribution in [3.63, 3.8) is 0 Å². The number of hydrogen-bond donors (Lipinski definition) is 1. The number of nitro benzene ring substituents is 1. The summed E-state index contributed by atoms with van der Waals surface area (Å²) >= 11 is 5.67. The first-order valence-corrected chi connectivity index (χ1v) is 6.32. The third-order valence-corrected chi connectivity index (χ3v) is 3.42. The Hall–Kier alpha value is -1.22. The molecule has 1 aromatic carbocycles. The van der Waals surface area contributed by atoms with Gasteiger partial charge < -0.3 is 0 Å². The Balaban J connectivity index is 3.20. The van der Waals surface area contributed by atoms with Gasteiger partial charge in [-0.25, -0.2) is 8.42 Å². The van der Waals surface area contributed by atoms with Crippen molar-refractivity contribution in [1.82, 2.24) is 4.89 Å². The number of rotatable bonds is 5. The van der Waals surface area contributed by atoms with E-state index in [1.165, 1.54) is 0 Å². The van der Waals surface area contributed by atoms with Crippen LogP contribution in [0, 0.1) is 10.1 Å². The molecular weight excluding hydrogens is 272 g/mol. The van der Waals surface area contributed by atoms with Crippen LogP contribution in [0.1, 0.15) is 6.92 Å². The highest BCUT2D eigenvalue weighted by atomic mass is 35.5. The van der Waals surface area contributed by atoms with Gasteiger partial charge in [-0.2, -0.15) is 0 Å². The molecule has 0 aromatic heterocycles. The van der Waals surface area contributed by atoms with E-state index in [1.807, 2.05) is 0 Å². The van der Waals surface area contributed by atoms with Crippen LogP contribution in [0.3, 0.4) is 0 Å². The highest BCUT2D eigenvalue weighted by Crippen LogP contribution is 2.25. The summed E-state index contributed by atoms with van der Waals surface area (Å²) in [4.78, 5) is 15.7. The molecular formula is C8H9ClN2O5S. The van der Waals surface area contributed by atoms with E-state index in [4.69, 9.17) is 11.6 Å². The van der Waals surface area contributed by atoms with Crippen LogP contribution in [0.2, 0.25) is 5.02 Å². The number of nitrogens with zero attached hydrogens (tertiary/aromatic N) is 1. The van der Waals surface area contributed by atoms with Crippen molar-refractivity contribution in [3.05, 3.63) is 33.3 Å². The van der Waals surface area contributed by atoms with E-state index in [-0.39, 0.29) is 17.3 Å². The Morgan fingerprint density at radius 1 is 1.53 bits per heavy atom. The van der Waals surface area contributed by atoms with Crippen molar-refractivity contribution < 1.29 is 18.2 Å². The summed E-state index contributed by atoms with van der Waals surface area (Å²) in [5.41, 5.74) is -0.369. The van der Waals surface area contributed by atoms with Crippen LogP contribution in [-0.2, 0) is 14.9 Å². The van der Waals surface area contributed by atoms with Crippen LogP contribution in [0.5, 0.6) is 0 Å². The minimum absolute atomic E-state index is 0.117. The summed E-state index contributed by atoms with van der Waals surface area (Å²) in [6, 6.07) is 3.12. The monoisotopic (exact) mass is 280 g/mol. The van der Waals surface area contributed by atoms with Gasteiger partial charge in [0.25, 0.3) is 15.7 Å². The summed E-state index contributed by atoms with van der Waals surface area (Å²) in [6.07, 6.45) is 0. The smallest absolute Gasteiger partial charge is 0.270 e. The molecule has 94 valence electrons. The Morgan fingerprint density at radius 3 is 2.71 bits per heavy atom. The molecule has 1 rings (SSSR count). The molecule has 0 aliphatic carbocycles. The summed E-state index contributed by atoms with van der Waals surface area (Å²) in [6.45, 7) is 1.70. The number of halogens is 1. The molecule has 0 amide bonds. The molecule has 0 radical (unpaired) electrons. The molecule has 0 bridgehead atoms. The maximum absolute atomic E-state index is 11.6. The molecule has 0 spiro atoms. The number of nitro groups is 1. The lowest BCUT2D eigenvalue weighted by Gasteiger charge is -2.06. The molecule has 1 N–H and O–H groups in total. The molecule has 9 heteroatoms. The van der Waals surface area contributed by atoms with Gasteiger partial charge in [0.05, 0.1) is 16.6 Å². The second kappa shape index (κ2) is 5.41. The second-order valence-corrected chi connectivity index (χ2v) is 4.91. The fraction of sp³-hybridized carbons (Fsp3) is 0.250. The Kier molecular flexibility index (Phi) is 4.40. The third kappa shape index (κ3) is 3.37. The zero-order chi connectivity index (χ0) is 13.1. The normalized spacial score (nSPS) is 11.4. The summed E-state index contributed by atoms with van der Waals surface area (Å²) < 4.78 is 23.3. The van der Waals surface area contributed by atoms with E-state index in [0.717, 1.165) is 18.2 Å². The lowest BCUT2D eigenvalue weighted by molar-refractivity contribution is -0.385. The van der Waals surface area contributed by atoms with Crippen molar-refractivity contribution in [2.45, 2.75) is 11.8 Å². The predicted octanol–water partition coefficient (Wildman–Crippen LogP) is 1.48. The van der Waals surface area contributed by atoms with Gasteiger partial charge in [-0.3, -0.25) is 15.0 Å². The largest absolute Gasteiger partial charge is 0.287 e. The van der Waals surface area contributed by atoms with Crippen LogP contribution in [0.15, 0.2) is 23.1 Å². The van der Waals surface area contributed by atoms with Gasteiger partial charge in [-0.1, -0.05) is 16.5 Å². The zero-order valence-corrected chi connectivity index (χ0v) is 10.3. The van der Waals surface area contributed by atoms with Gasteiger partial charge in [0, 0.05) is 12.1 Å². The van der Waals surface area contributed by atoms with E-state index in [2.05, 4.69) is 4.84 Å². The minimum atomic E-state index is -4.02. The fourth-order valence-electron chi connectivity index (χ4n) is 0.993. The van der Waals surface area contributed by atoms with Gasteiger partial charge >= 0.3 is 0 Å². The van der Waals surface area contributed by atoms with Crippen LogP contribution in [0.25, 0.3) is 0 Å². The van der Waals surface area contributed by atoms with E-state index < -0.39 is 19.8 Å². The first-order chi connectivity index (χ1) is 7.88. The molecule has 0 unspecified atom stereocenters. The molecule has 1 aromatic rings. The Morgan fingerprint density at radius 2 is 2.18 bits per heavy atom. The van der Waals surface area contributed by atoms with E-state index in [0.29, 0.717) is 0 Å². The SMILES string of the molecule is CCONS(=O)(=O)c1cc([N+](=O)[O-])ccc1Cl. The molecule has 0 fully saturated rings. The predicted molar refractivity (Wildman–Crippen MR) is 60.1 cm³/mol. The van der Waals surface area contributed by atoms with Gasteiger partial charge in [-0.15, -0.1) is 0 Å². The van der Waals surface area contributed by atoms with Gasteiger partial charge in [0.15, 0.2) is 0 Å². The third-order valence-electron chi connectivity index (χ3n) is 1.73. The molecule has 7 nitrogen and oxygen atoms in total. The zero-order valence-electron chi connectivity index (χ0n) is 8.71. The van der Waals surface area contributed by atoms with Crippen molar-refractivity contribution >= 4 is 27.3 Å².